The molecule has 90 valence electrons. The second-order valence-electron chi connectivity index (χ2n) is 3.80. The molecule has 0 aliphatic carbocycles. The van der Waals surface area contributed by atoms with Crippen LogP contribution in [0.1, 0.15) is 24.4 Å². The molecule has 0 aromatic heterocycles. The van der Waals surface area contributed by atoms with E-state index in [4.69, 9.17) is 0 Å². The van der Waals surface area contributed by atoms with E-state index >= 15 is 0 Å². The predicted octanol–water partition coefficient (Wildman–Crippen LogP) is 2.45. The molecule has 0 aliphatic heterocycles. The van der Waals surface area contributed by atoms with Crippen LogP contribution in [-0.2, 0) is 0 Å². The Kier molecular flexibility index (Phi) is 7.30. The summed E-state index contributed by atoms with van der Waals surface area (Å²) in [5.74, 6) is 1.22. The van der Waals surface area contributed by atoms with Crippen LogP contribution in [0.15, 0.2) is 30.3 Å². The van der Waals surface area contributed by atoms with Crippen LogP contribution in [-0.4, -0.2) is 30.3 Å². The molecule has 3 heteroatoms. The number of benzene rings is 1. The van der Waals surface area contributed by atoms with Crippen LogP contribution in [0.25, 0.3) is 0 Å². The van der Waals surface area contributed by atoms with Gasteiger partial charge in [0.25, 0.3) is 0 Å². The van der Waals surface area contributed by atoms with Gasteiger partial charge in [-0.1, -0.05) is 30.3 Å². The largest absolute Gasteiger partial charge is 0.394 e. The lowest BCUT2D eigenvalue weighted by Crippen LogP contribution is -2.25. The highest BCUT2D eigenvalue weighted by atomic mass is 32.2. The standard InChI is InChI=1S/C13H21NOS/c1-16-10-6-5-9-14-13(11-15)12-7-3-2-4-8-12/h2-4,7-8,13-15H,5-6,9-11H2,1H3/t13-/m1/s1. The molecule has 0 radical (unpaired) electrons. The lowest BCUT2D eigenvalue weighted by atomic mass is 10.1. The van der Waals surface area contributed by atoms with Gasteiger partial charge in [-0.25, -0.2) is 0 Å². The van der Waals surface area contributed by atoms with Gasteiger partial charge in [0.15, 0.2) is 0 Å². The summed E-state index contributed by atoms with van der Waals surface area (Å²) in [6, 6.07) is 10.2. The maximum atomic E-state index is 9.32. The van der Waals surface area contributed by atoms with Gasteiger partial charge in [-0.3, -0.25) is 0 Å². The first-order valence-electron chi connectivity index (χ1n) is 5.76. The minimum Gasteiger partial charge on any atom is -0.394 e. The number of hydrogen-bond donors (Lipinski definition) is 2. The molecule has 0 unspecified atom stereocenters. The topological polar surface area (TPSA) is 32.3 Å². The van der Waals surface area contributed by atoms with Gasteiger partial charge >= 0.3 is 0 Å². The number of aliphatic hydroxyl groups excluding tert-OH is 1. The molecule has 0 saturated carbocycles. The normalized spacial score (nSPS) is 12.6. The second kappa shape index (κ2) is 8.62. The molecule has 0 saturated heterocycles. The molecule has 1 atom stereocenters. The monoisotopic (exact) mass is 239 g/mol. The third kappa shape index (κ3) is 5.01. The van der Waals surface area contributed by atoms with Crippen molar-refractivity contribution in [3.05, 3.63) is 35.9 Å². The van der Waals surface area contributed by atoms with Crippen molar-refractivity contribution in [1.29, 1.82) is 0 Å². The van der Waals surface area contributed by atoms with Crippen LogP contribution < -0.4 is 5.32 Å². The lowest BCUT2D eigenvalue weighted by molar-refractivity contribution is 0.244. The molecule has 0 spiro atoms. The van der Waals surface area contributed by atoms with Crippen LogP contribution in [0.3, 0.4) is 0 Å². The van der Waals surface area contributed by atoms with Crippen molar-refractivity contribution in [2.75, 3.05) is 25.2 Å². The summed E-state index contributed by atoms with van der Waals surface area (Å²) in [6.07, 6.45) is 4.54. The minimum absolute atomic E-state index is 0.0791. The molecule has 0 heterocycles. The van der Waals surface area contributed by atoms with E-state index in [0.29, 0.717) is 0 Å². The van der Waals surface area contributed by atoms with Crippen molar-refractivity contribution < 1.29 is 5.11 Å². The van der Waals surface area contributed by atoms with Crippen molar-refractivity contribution in [2.24, 2.45) is 0 Å². The van der Waals surface area contributed by atoms with Crippen LogP contribution in [0, 0.1) is 0 Å². The highest BCUT2D eigenvalue weighted by Gasteiger charge is 2.07. The molecule has 16 heavy (non-hydrogen) atoms. The molecule has 1 rings (SSSR count). The van der Waals surface area contributed by atoms with Gasteiger partial charge in [-0.15, -0.1) is 0 Å². The zero-order valence-corrected chi connectivity index (χ0v) is 10.7. The van der Waals surface area contributed by atoms with E-state index in [2.05, 4.69) is 23.7 Å². The molecular weight excluding hydrogens is 218 g/mol. The average molecular weight is 239 g/mol. The smallest absolute Gasteiger partial charge is 0.0626 e. The Morgan fingerprint density at radius 3 is 2.62 bits per heavy atom. The Morgan fingerprint density at radius 1 is 1.25 bits per heavy atom. The fourth-order valence-electron chi connectivity index (χ4n) is 1.62. The van der Waals surface area contributed by atoms with Gasteiger partial charge in [0, 0.05) is 0 Å². The van der Waals surface area contributed by atoms with E-state index in [1.807, 2.05) is 30.0 Å². The van der Waals surface area contributed by atoms with Crippen LogP contribution in [0.5, 0.6) is 0 Å². The van der Waals surface area contributed by atoms with Crippen molar-refractivity contribution >= 4 is 11.8 Å². The number of hydrogen-bond acceptors (Lipinski definition) is 3. The molecule has 0 bridgehead atoms. The summed E-state index contributed by atoms with van der Waals surface area (Å²) in [5.41, 5.74) is 1.16. The zero-order chi connectivity index (χ0) is 11.6. The number of rotatable bonds is 8. The molecule has 1 aromatic rings. The zero-order valence-electron chi connectivity index (χ0n) is 9.86. The third-order valence-corrected chi connectivity index (χ3v) is 3.25. The Hall–Kier alpha value is -0.510. The Balaban J connectivity index is 2.27. The fourth-order valence-corrected chi connectivity index (χ4v) is 2.11. The quantitative estimate of drug-likeness (QED) is 0.684. The highest BCUT2D eigenvalue weighted by molar-refractivity contribution is 7.98. The van der Waals surface area contributed by atoms with Gasteiger partial charge in [-0.05, 0) is 37.0 Å². The first kappa shape index (κ1) is 13.6. The van der Waals surface area contributed by atoms with Gasteiger partial charge < -0.3 is 10.4 Å². The second-order valence-corrected chi connectivity index (χ2v) is 4.79. The van der Waals surface area contributed by atoms with E-state index in [1.165, 1.54) is 18.6 Å². The van der Waals surface area contributed by atoms with Crippen LogP contribution >= 0.6 is 11.8 Å². The van der Waals surface area contributed by atoms with Crippen LogP contribution in [0.2, 0.25) is 0 Å². The minimum atomic E-state index is 0.0791. The van der Waals surface area contributed by atoms with Gasteiger partial charge in [0.1, 0.15) is 0 Å². The Bertz CT molecular complexity index is 266. The number of unbranched alkanes of at least 4 members (excludes halogenated alkanes) is 1. The SMILES string of the molecule is CSCCCCN[C@H](CO)c1ccccc1. The Labute approximate surface area is 102 Å². The summed E-state index contributed by atoms with van der Waals surface area (Å²) in [7, 11) is 0. The molecule has 2 nitrogen and oxygen atoms in total. The summed E-state index contributed by atoms with van der Waals surface area (Å²) in [5, 5.41) is 12.7. The first-order chi connectivity index (χ1) is 7.88. The lowest BCUT2D eigenvalue weighted by Gasteiger charge is -2.16. The van der Waals surface area contributed by atoms with Crippen molar-refractivity contribution in [2.45, 2.75) is 18.9 Å². The molecular formula is C13H21NOS. The Morgan fingerprint density at radius 2 is 2.00 bits per heavy atom. The van der Waals surface area contributed by atoms with E-state index in [0.717, 1.165) is 12.1 Å². The van der Waals surface area contributed by atoms with Gasteiger partial charge in [-0.2, -0.15) is 11.8 Å². The maximum Gasteiger partial charge on any atom is 0.0626 e. The summed E-state index contributed by atoms with van der Waals surface area (Å²) in [6.45, 7) is 1.13. The maximum absolute atomic E-state index is 9.32. The van der Waals surface area contributed by atoms with Crippen LogP contribution in [0.4, 0.5) is 0 Å². The number of aliphatic hydroxyl groups is 1. The molecule has 1 aromatic carbocycles. The third-order valence-electron chi connectivity index (χ3n) is 2.55. The number of thioether (sulfide) groups is 1. The van der Waals surface area contributed by atoms with E-state index in [9.17, 15) is 5.11 Å². The van der Waals surface area contributed by atoms with Gasteiger partial charge in [0.2, 0.25) is 0 Å². The average Bonchev–Trinajstić information content (AvgIpc) is 2.35. The summed E-state index contributed by atoms with van der Waals surface area (Å²) >= 11 is 1.89. The van der Waals surface area contributed by atoms with Crippen molar-refractivity contribution in [3.8, 4) is 0 Å². The van der Waals surface area contributed by atoms with Gasteiger partial charge in [0.05, 0.1) is 12.6 Å². The van der Waals surface area contributed by atoms with E-state index in [1.54, 1.807) is 0 Å². The summed E-state index contributed by atoms with van der Waals surface area (Å²) < 4.78 is 0. The highest BCUT2D eigenvalue weighted by Crippen LogP contribution is 2.11. The van der Waals surface area contributed by atoms with Crippen molar-refractivity contribution in [3.63, 3.8) is 0 Å². The molecule has 0 fully saturated rings. The van der Waals surface area contributed by atoms with E-state index < -0.39 is 0 Å². The fraction of sp³-hybridized carbons (Fsp3) is 0.538. The number of nitrogens with one attached hydrogen (secondary N) is 1. The summed E-state index contributed by atoms with van der Waals surface area (Å²) in [4.78, 5) is 0. The molecule has 2 N–H and O–H groups in total. The van der Waals surface area contributed by atoms with E-state index in [-0.39, 0.29) is 12.6 Å². The van der Waals surface area contributed by atoms with Crippen molar-refractivity contribution in [1.82, 2.24) is 5.32 Å². The molecule has 0 aliphatic rings. The predicted molar refractivity (Wildman–Crippen MR) is 71.9 cm³/mol. The first-order valence-corrected chi connectivity index (χ1v) is 7.16. The molecule has 0 amide bonds.